The fourth-order valence-electron chi connectivity index (χ4n) is 1.75. The van der Waals surface area contributed by atoms with Gasteiger partial charge in [-0.1, -0.05) is 13.0 Å². The molecule has 0 aliphatic rings. The second-order valence-electron chi connectivity index (χ2n) is 5.39. The maximum Gasteiger partial charge on any atom is 0.123 e. The van der Waals surface area contributed by atoms with E-state index in [1.807, 2.05) is 43.6 Å². The molecule has 0 aromatic heterocycles. The van der Waals surface area contributed by atoms with E-state index in [0.29, 0.717) is 12.6 Å². The van der Waals surface area contributed by atoms with Crippen LogP contribution in [-0.2, 0) is 0 Å². The minimum Gasteiger partial charge on any atom is -0.384 e. The van der Waals surface area contributed by atoms with Crippen LogP contribution in [0.4, 0.5) is 5.69 Å². The standard InChI is InChI=1S/C17H27N5/c1-5-6-11-20-16(22(4)13(2)3)12-21-15-9-7-14(8-10-15)17(18)19/h6-11,13,21H,5,12H2,1-4H3,(H3,18,19)/b11-6+,20-16?. The molecule has 120 valence electrons. The minimum atomic E-state index is 0.0815. The average molecular weight is 301 g/mol. The van der Waals surface area contributed by atoms with Gasteiger partial charge < -0.3 is 16.0 Å². The van der Waals surface area contributed by atoms with Gasteiger partial charge >= 0.3 is 0 Å². The van der Waals surface area contributed by atoms with Gasteiger partial charge in [-0.2, -0.15) is 0 Å². The molecule has 0 heterocycles. The lowest BCUT2D eigenvalue weighted by atomic mass is 10.2. The van der Waals surface area contributed by atoms with Crippen LogP contribution in [0.2, 0.25) is 0 Å². The quantitative estimate of drug-likeness (QED) is 0.535. The van der Waals surface area contributed by atoms with Crippen molar-refractivity contribution < 1.29 is 0 Å². The number of hydrogen-bond acceptors (Lipinski definition) is 3. The molecule has 1 rings (SSSR count). The molecule has 1 aromatic rings. The molecule has 0 fully saturated rings. The van der Waals surface area contributed by atoms with Crippen LogP contribution in [0.1, 0.15) is 32.8 Å². The van der Waals surface area contributed by atoms with Crippen molar-refractivity contribution in [3.8, 4) is 0 Å². The van der Waals surface area contributed by atoms with Crippen molar-refractivity contribution in [1.29, 1.82) is 5.41 Å². The number of likely N-dealkylation sites (N-methyl/N-ethyl adjacent to an activating group) is 1. The summed E-state index contributed by atoms with van der Waals surface area (Å²) in [7, 11) is 2.05. The predicted molar refractivity (Wildman–Crippen MR) is 95.7 cm³/mol. The number of nitrogens with one attached hydrogen (secondary N) is 2. The Balaban J connectivity index is 2.75. The first-order valence-corrected chi connectivity index (χ1v) is 7.58. The van der Waals surface area contributed by atoms with Crippen LogP contribution in [0, 0.1) is 5.41 Å². The third-order valence-corrected chi connectivity index (χ3v) is 3.39. The molecule has 0 aliphatic heterocycles. The zero-order valence-electron chi connectivity index (χ0n) is 13.9. The summed E-state index contributed by atoms with van der Waals surface area (Å²) in [6.45, 7) is 7.01. The number of nitrogens with two attached hydrogens (primary N) is 1. The molecule has 0 atom stereocenters. The fraction of sp³-hybridized carbons (Fsp3) is 0.412. The molecular formula is C17H27N5. The van der Waals surface area contributed by atoms with E-state index in [2.05, 4.69) is 36.0 Å². The zero-order valence-corrected chi connectivity index (χ0v) is 13.9. The van der Waals surface area contributed by atoms with Gasteiger partial charge in [-0.15, -0.1) is 0 Å². The molecule has 0 spiro atoms. The molecule has 0 bridgehead atoms. The Bertz CT molecular complexity index is 528. The van der Waals surface area contributed by atoms with Gasteiger partial charge in [0, 0.05) is 30.5 Å². The number of benzene rings is 1. The molecule has 0 saturated heterocycles. The lowest BCUT2D eigenvalue weighted by molar-refractivity contribution is 0.413. The fourth-order valence-corrected chi connectivity index (χ4v) is 1.75. The highest BCUT2D eigenvalue weighted by Gasteiger charge is 2.09. The summed E-state index contributed by atoms with van der Waals surface area (Å²) in [4.78, 5) is 6.69. The van der Waals surface area contributed by atoms with Gasteiger partial charge in [0.2, 0.25) is 0 Å². The van der Waals surface area contributed by atoms with Crippen molar-refractivity contribution in [2.75, 3.05) is 18.9 Å². The third kappa shape index (κ3) is 5.60. The van der Waals surface area contributed by atoms with Crippen LogP contribution in [-0.4, -0.2) is 36.2 Å². The summed E-state index contributed by atoms with van der Waals surface area (Å²) in [6.07, 6.45) is 4.87. The lowest BCUT2D eigenvalue weighted by Crippen LogP contribution is -2.37. The topological polar surface area (TPSA) is 77.5 Å². The van der Waals surface area contributed by atoms with Gasteiger partial charge in [-0.3, -0.25) is 5.41 Å². The monoisotopic (exact) mass is 301 g/mol. The predicted octanol–water partition coefficient (Wildman–Crippen LogP) is 3.04. The Morgan fingerprint density at radius 2 is 2.00 bits per heavy atom. The van der Waals surface area contributed by atoms with Crippen molar-refractivity contribution in [2.24, 2.45) is 10.7 Å². The molecule has 1 aromatic carbocycles. The largest absolute Gasteiger partial charge is 0.384 e. The Morgan fingerprint density at radius 1 is 1.36 bits per heavy atom. The summed E-state index contributed by atoms with van der Waals surface area (Å²) < 4.78 is 0. The molecule has 0 aliphatic carbocycles. The van der Waals surface area contributed by atoms with Crippen molar-refractivity contribution in [2.45, 2.75) is 33.2 Å². The second kappa shape index (κ2) is 8.87. The summed E-state index contributed by atoms with van der Waals surface area (Å²) in [5.41, 5.74) is 7.16. The highest BCUT2D eigenvalue weighted by atomic mass is 15.2. The molecular weight excluding hydrogens is 274 g/mol. The van der Waals surface area contributed by atoms with Crippen LogP contribution >= 0.6 is 0 Å². The first-order chi connectivity index (χ1) is 10.5. The van der Waals surface area contributed by atoms with Crippen LogP contribution in [0.15, 0.2) is 41.5 Å². The number of amidine groups is 2. The SMILES string of the molecule is CC/C=C/N=C(CNc1ccc(C(=N)N)cc1)N(C)C(C)C. The van der Waals surface area contributed by atoms with E-state index in [0.717, 1.165) is 23.5 Å². The van der Waals surface area contributed by atoms with E-state index in [1.165, 1.54) is 0 Å². The van der Waals surface area contributed by atoms with E-state index in [1.54, 1.807) is 0 Å². The number of aliphatic imine (C=N–C) groups is 1. The molecule has 5 heteroatoms. The van der Waals surface area contributed by atoms with E-state index in [-0.39, 0.29) is 5.84 Å². The van der Waals surface area contributed by atoms with Crippen molar-refractivity contribution in [1.82, 2.24) is 4.90 Å². The van der Waals surface area contributed by atoms with E-state index < -0.39 is 0 Å². The van der Waals surface area contributed by atoms with E-state index in [4.69, 9.17) is 11.1 Å². The van der Waals surface area contributed by atoms with Gasteiger partial charge in [-0.05, 0) is 44.5 Å². The first-order valence-electron chi connectivity index (χ1n) is 7.58. The summed E-state index contributed by atoms with van der Waals surface area (Å²) >= 11 is 0. The number of hydrogen-bond donors (Lipinski definition) is 3. The number of allylic oxidation sites excluding steroid dienone is 1. The maximum atomic E-state index is 7.40. The Kier molecular flexibility index (Phi) is 7.16. The minimum absolute atomic E-state index is 0.0815. The van der Waals surface area contributed by atoms with Gasteiger partial charge in [-0.25, -0.2) is 4.99 Å². The van der Waals surface area contributed by atoms with E-state index >= 15 is 0 Å². The van der Waals surface area contributed by atoms with Gasteiger partial charge in [0.25, 0.3) is 0 Å². The van der Waals surface area contributed by atoms with Crippen LogP contribution in [0.3, 0.4) is 0 Å². The van der Waals surface area contributed by atoms with Crippen LogP contribution in [0.5, 0.6) is 0 Å². The zero-order chi connectivity index (χ0) is 16.5. The van der Waals surface area contributed by atoms with Crippen molar-refractivity contribution in [3.05, 3.63) is 42.1 Å². The van der Waals surface area contributed by atoms with Gasteiger partial charge in [0.05, 0.1) is 6.54 Å². The number of anilines is 1. The smallest absolute Gasteiger partial charge is 0.123 e. The normalized spacial score (nSPS) is 12.0. The highest BCUT2D eigenvalue weighted by Crippen LogP contribution is 2.09. The summed E-state index contributed by atoms with van der Waals surface area (Å²) in [5, 5.41) is 10.8. The Labute approximate surface area is 133 Å². The third-order valence-electron chi connectivity index (χ3n) is 3.39. The Morgan fingerprint density at radius 3 is 2.50 bits per heavy atom. The molecule has 0 unspecified atom stereocenters. The van der Waals surface area contributed by atoms with Crippen molar-refractivity contribution in [3.63, 3.8) is 0 Å². The maximum absolute atomic E-state index is 7.40. The molecule has 4 N–H and O–H groups in total. The first kappa shape index (κ1) is 17.8. The van der Waals surface area contributed by atoms with E-state index in [9.17, 15) is 0 Å². The van der Waals surface area contributed by atoms with Gasteiger partial charge in [0.1, 0.15) is 11.7 Å². The van der Waals surface area contributed by atoms with Crippen molar-refractivity contribution >= 4 is 17.4 Å². The molecule has 5 nitrogen and oxygen atoms in total. The summed E-state index contributed by atoms with van der Waals surface area (Å²) in [6, 6.07) is 7.91. The molecule has 0 amide bonds. The molecule has 0 saturated carbocycles. The van der Waals surface area contributed by atoms with Gasteiger partial charge in [0.15, 0.2) is 0 Å². The lowest BCUT2D eigenvalue weighted by Gasteiger charge is -2.25. The summed E-state index contributed by atoms with van der Waals surface area (Å²) in [5.74, 6) is 1.06. The number of nitrogens with zero attached hydrogens (tertiary/aromatic N) is 2. The Hall–Kier alpha value is -2.30. The number of nitrogen functional groups attached to an aromatic ring is 1. The number of rotatable bonds is 7. The highest BCUT2D eigenvalue weighted by molar-refractivity contribution is 5.95. The van der Waals surface area contributed by atoms with Crippen LogP contribution < -0.4 is 11.1 Å². The molecule has 0 radical (unpaired) electrons. The van der Waals surface area contributed by atoms with Crippen LogP contribution in [0.25, 0.3) is 0 Å². The molecule has 22 heavy (non-hydrogen) atoms. The second-order valence-corrected chi connectivity index (χ2v) is 5.39. The average Bonchev–Trinajstić information content (AvgIpc) is 2.50.